The number of hydrogen-bond donors (Lipinski definition) is 1. The lowest BCUT2D eigenvalue weighted by Crippen LogP contribution is -2.16. The van der Waals surface area contributed by atoms with Crippen LogP contribution in [-0.2, 0) is 4.79 Å². The van der Waals surface area contributed by atoms with Gasteiger partial charge in [0.15, 0.2) is 0 Å². The van der Waals surface area contributed by atoms with Crippen LogP contribution in [0.3, 0.4) is 0 Å². The molecule has 4 nitrogen and oxygen atoms in total. The molecule has 0 fully saturated rings. The van der Waals surface area contributed by atoms with Crippen LogP contribution in [0.25, 0.3) is 0 Å². The van der Waals surface area contributed by atoms with E-state index in [2.05, 4.69) is 17.5 Å². The Morgan fingerprint density at radius 2 is 1.81 bits per heavy atom. The topological polar surface area (TPSA) is 54.6 Å². The van der Waals surface area contributed by atoms with Crippen LogP contribution in [0.1, 0.15) is 76.2 Å². The van der Waals surface area contributed by atoms with E-state index >= 15 is 0 Å². The summed E-state index contributed by atoms with van der Waals surface area (Å²) in [5.74, 6) is 1.46. The summed E-state index contributed by atoms with van der Waals surface area (Å²) in [5.41, 5.74) is 2.53. The molecule has 118 valence electrons. The Kier molecular flexibility index (Phi) is 9.25. The molecule has 0 unspecified atom stereocenters. The van der Waals surface area contributed by atoms with Crippen LogP contribution in [0.5, 0.6) is 0 Å². The van der Waals surface area contributed by atoms with E-state index in [0.29, 0.717) is 12.2 Å². The number of hydrogen-bond acceptors (Lipinski definition) is 3. The summed E-state index contributed by atoms with van der Waals surface area (Å²) in [6.07, 6.45) is 12.0. The average Bonchev–Trinajstić information content (AvgIpc) is 2.87. The smallest absolute Gasteiger partial charge is 0.240 e. The number of unbranched alkanes of at least 4 members (excludes halogenated alkanes) is 7. The lowest BCUT2D eigenvalue weighted by atomic mass is 10.1. The Morgan fingerprint density at radius 1 is 1.14 bits per heavy atom. The van der Waals surface area contributed by atoms with Gasteiger partial charge in [0.1, 0.15) is 11.5 Å². The molecule has 0 aliphatic rings. The van der Waals surface area contributed by atoms with Crippen molar-refractivity contribution in [3.8, 4) is 0 Å². The highest BCUT2D eigenvalue weighted by atomic mass is 16.3. The van der Waals surface area contributed by atoms with Crippen LogP contribution in [0.15, 0.2) is 21.7 Å². The molecule has 4 heteroatoms. The molecule has 0 saturated heterocycles. The largest absolute Gasteiger partial charge is 0.460 e. The van der Waals surface area contributed by atoms with E-state index < -0.39 is 0 Å². The van der Waals surface area contributed by atoms with Gasteiger partial charge in [0, 0.05) is 6.42 Å². The number of amides is 1. The van der Waals surface area contributed by atoms with E-state index in [1.165, 1.54) is 44.7 Å². The molecule has 1 heterocycles. The standard InChI is InChI=1S/C17H28N2O2/c1-3-4-5-6-7-8-9-10-11-17(20)19-18-14-16-13-12-15(2)21-16/h12-14H,3-11H2,1-2H3,(H,19,20)/b18-14+. The highest BCUT2D eigenvalue weighted by Gasteiger charge is 2.00. The number of rotatable bonds is 11. The van der Waals surface area contributed by atoms with Crippen molar-refractivity contribution in [1.29, 1.82) is 0 Å². The fraction of sp³-hybridized carbons (Fsp3) is 0.647. The fourth-order valence-corrected chi connectivity index (χ4v) is 2.17. The van der Waals surface area contributed by atoms with Crippen molar-refractivity contribution in [2.45, 2.75) is 71.6 Å². The Hall–Kier alpha value is -1.58. The predicted octanol–water partition coefficient (Wildman–Crippen LogP) is 4.57. The first kappa shape index (κ1) is 17.5. The van der Waals surface area contributed by atoms with Crippen LogP contribution in [-0.4, -0.2) is 12.1 Å². The molecule has 1 rings (SSSR count). The van der Waals surface area contributed by atoms with E-state index in [0.717, 1.165) is 18.6 Å². The molecule has 0 saturated carbocycles. The van der Waals surface area contributed by atoms with Crippen molar-refractivity contribution in [1.82, 2.24) is 5.43 Å². The van der Waals surface area contributed by atoms with Gasteiger partial charge in [0.05, 0.1) is 6.21 Å². The van der Waals surface area contributed by atoms with Gasteiger partial charge in [-0.2, -0.15) is 5.10 Å². The van der Waals surface area contributed by atoms with Crippen molar-refractivity contribution in [2.24, 2.45) is 5.10 Å². The number of nitrogens with zero attached hydrogens (tertiary/aromatic N) is 1. The molecular formula is C17H28N2O2. The number of hydrazone groups is 1. The van der Waals surface area contributed by atoms with Crippen molar-refractivity contribution < 1.29 is 9.21 Å². The summed E-state index contributed by atoms with van der Waals surface area (Å²) in [7, 11) is 0. The third-order valence-corrected chi connectivity index (χ3v) is 3.40. The minimum atomic E-state index is -0.0273. The maximum absolute atomic E-state index is 11.6. The van der Waals surface area contributed by atoms with E-state index in [-0.39, 0.29) is 5.91 Å². The predicted molar refractivity (Wildman–Crippen MR) is 86.4 cm³/mol. The minimum Gasteiger partial charge on any atom is -0.460 e. The molecule has 0 spiro atoms. The van der Waals surface area contributed by atoms with Gasteiger partial charge in [-0.25, -0.2) is 5.43 Å². The zero-order valence-corrected chi connectivity index (χ0v) is 13.4. The number of aryl methyl sites for hydroxylation is 1. The monoisotopic (exact) mass is 292 g/mol. The summed E-state index contributed by atoms with van der Waals surface area (Å²) in [4.78, 5) is 11.6. The van der Waals surface area contributed by atoms with Gasteiger partial charge in [0.25, 0.3) is 0 Å². The zero-order valence-electron chi connectivity index (χ0n) is 13.4. The third kappa shape index (κ3) is 9.05. The molecule has 1 aromatic rings. The highest BCUT2D eigenvalue weighted by Crippen LogP contribution is 2.09. The summed E-state index contributed by atoms with van der Waals surface area (Å²) in [5, 5.41) is 3.89. The second-order valence-electron chi connectivity index (χ2n) is 5.47. The fourth-order valence-electron chi connectivity index (χ4n) is 2.17. The van der Waals surface area contributed by atoms with Crippen LogP contribution in [0.4, 0.5) is 0 Å². The molecule has 0 aromatic carbocycles. The number of nitrogens with one attached hydrogen (secondary N) is 1. The molecule has 21 heavy (non-hydrogen) atoms. The van der Waals surface area contributed by atoms with E-state index in [1.54, 1.807) is 0 Å². The molecule has 0 bridgehead atoms. The van der Waals surface area contributed by atoms with Gasteiger partial charge in [-0.1, -0.05) is 51.9 Å². The first-order valence-corrected chi connectivity index (χ1v) is 8.10. The normalized spacial score (nSPS) is 11.1. The molecule has 0 radical (unpaired) electrons. The second kappa shape index (κ2) is 11.1. The molecule has 0 aliphatic carbocycles. The van der Waals surface area contributed by atoms with Crippen LogP contribution in [0.2, 0.25) is 0 Å². The summed E-state index contributed by atoms with van der Waals surface area (Å²) < 4.78 is 5.32. The summed E-state index contributed by atoms with van der Waals surface area (Å²) in [6.45, 7) is 4.10. The first-order chi connectivity index (χ1) is 10.2. The minimum absolute atomic E-state index is 0.0273. The molecule has 0 atom stereocenters. The molecule has 0 aliphatic heterocycles. The molecular weight excluding hydrogens is 264 g/mol. The SMILES string of the molecule is CCCCCCCCCCC(=O)N/N=C/c1ccc(C)o1. The second-order valence-corrected chi connectivity index (χ2v) is 5.47. The summed E-state index contributed by atoms with van der Waals surface area (Å²) in [6, 6.07) is 3.69. The number of furan rings is 1. The Bertz CT molecular complexity index is 424. The van der Waals surface area contributed by atoms with Gasteiger partial charge < -0.3 is 4.42 Å². The van der Waals surface area contributed by atoms with E-state index in [9.17, 15) is 4.79 Å². The Labute approximate surface area is 128 Å². The zero-order chi connectivity index (χ0) is 15.3. The maximum atomic E-state index is 11.6. The number of carbonyl (C=O) groups excluding carboxylic acids is 1. The van der Waals surface area contributed by atoms with Gasteiger partial charge in [-0.05, 0) is 25.5 Å². The average molecular weight is 292 g/mol. The van der Waals surface area contributed by atoms with Gasteiger partial charge >= 0.3 is 0 Å². The maximum Gasteiger partial charge on any atom is 0.240 e. The van der Waals surface area contributed by atoms with Crippen LogP contribution >= 0.6 is 0 Å². The van der Waals surface area contributed by atoms with Crippen molar-refractivity contribution in [2.75, 3.05) is 0 Å². The third-order valence-electron chi connectivity index (χ3n) is 3.40. The molecule has 1 amide bonds. The summed E-state index contributed by atoms with van der Waals surface area (Å²) >= 11 is 0. The molecule has 1 N–H and O–H groups in total. The van der Waals surface area contributed by atoms with E-state index in [4.69, 9.17) is 4.42 Å². The van der Waals surface area contributed by atoms with Gasteiger partial charge in [-0.3, -0.25) is 4.79 Å². The van der Waals surface area contributed by atoms with Crippen molar-refractivity contribution >= 4 is 12.1 Å². The number of carbonyl (C=O) groups is 1. The Morgan fingerprint density at radius 3 is 2.43 bits per heavy atom. The lowest BCUT2D eigenvalue weighted by molar-refractivity contribution is -0.121. The quantitative estimate of drug-likeness (QED) is 0.369. The van der Waals surface area contributed by atoms with Crippen molar-refractivity contribution in [3.63, 3.8) is 0 Å². The molecule has 1 aromatic heterocycles. The Balaban J connectivity index is 1.98. The van der Waals surface area contributed by atoms with Gasteiger partial charge in [0.2, 0.25) is 5.91 Å². The van der Waals surface area contributed by atoms with Crippen molar-refractivity contribution in [3.05, 3.63) is 23.7 Å². The van der Waals surface area contributed by atoms with Gasteiger partial charge in [-0.15, -0.1) is 0 Å². The highest BCUT2D eigenvalue weighted by molar-refractivity contribution is 5.80. The lowest BCUT2D eigenvalue weighted by Gasteiger charge is -2.01. The van der Waals surface area contributed by atoms with E-state index in [1.807, 2.05) is 19.1 Å². The van der Waals surface area contributed by atoms with Crippen LogP contribution < -0.4 is 5.43 Å². The first-order valence-electron chi connectivity index (χ1n) is 8.10. The van der Waals surface area contributed by atoms with Crippen LogP contribution in [0, 0.1) is 6.92 Å².